The van der Waals surface area contributed by atoms with E-state index in [9.17, 15) is 13.2 Å². The predicted octanol–water partition coefficient (Wildman–Crippen LogP) is 5.49. The van der Waals surface area contributed by atoms with Crippen molar-refractivity contribution in [2.24, 2.45) is 0 Å². The SMILES string of the molecule is Cc1ccc(C(C)NC(C)c2ccccc2C(F)(F)F)s1. The number of thiophene rings is 1. The molecule has 0 spiro atoms. The van der Waals surface area contributed by atoms with Gasteiger partial charge in [-0.15, -0.1) is 11.3 Å². The molecule has 0 bridgehead atoms. The molecule has 0 saturated heterocycles. The van der Waals surface area contributed by atoms with E-state index >= 15 is 0 Å². The Bertz CT molecular complexity index is 604. The zero-order chi connectivity index (χ0) is 15.6. The maximum atomic E-state index is 13.0. The summed E-state index contributed by atoms with van der Waals surface area (Å²) in [5, 5.41) is 3.25. The maximum Gasteiger partial charge on any atom is 0.416 e. The smallest absolute Gasteiger partial charge is 0.303 e. The summed E-state index contributed by atoms with van der Waals surface area (Å²) in [6, 6.07) is 9.40. The summed E-state index contributed by atoms with van der Waals surface area (Å²) in [7, 11) is 0. The Kier molecular flexibility index (Phi) is 4.74. The summed E-state index contributed by atoms with van der Waals surface area (Å²) in [5.74, 6) is 0. The first-order valence-corrected chi connectivity index (χ1v) is 7.59. The standard InChI is InChI=1S/C16H18F3NS/c1-10-8-9-15(21-10)12(3)20-11(2)13-6-4-5-7-14(13)16(17,18)19/h4-9,11-12,20H,1-3H3. The van der Waals surface area contributed by atoms with Crippen LogP contribution in [-0.4, -0.2) is 0 Å². The van der Waals surface area contributed by atoms with E-state index in [1.807, 2.05) is 26.0 Å². The first-order chi connectivity index (χ1) is 9.79. The van der Waals surface area contributed by atoms with Crippen molar-refractivity contribution in [3.8, 4) is 0 Å². The Morgan fingerprint density at radius 3 is 2.24 bits per heavy atom. The summed E-state index contributed by atoms with van der Waals surface area (Å²) in [4.78, 5) is 2.32. The van der Waals surface area contributed by atoms with E-state index in [4.69, 9.17) is 0 Å². The highest BCUT2D eigenvalue weighted by Gasteiger charge is 2.34. The quantitative estimate of drug-likeness (QED) is 0.787. The fourth-order valence-electron chi connectivity index (χ4n) is 2.37. The van der Waals surface area contributed by atoms with Crippen LogP contribution < -0.4 is 5.32 Å². The van der Waals surface area contributed by atoms with Gasteiger partial charge in [0, 0.05) is 21.8 Å². The molecule has 2 rings (SSSR count). The number of benzene rings is 1. The molecule has 0 amide bonds. The van der Waals surface area contributed by atoms with Gasteiger partial charge in [0.1, 0.15) is 0 Å². The van der Waals surface area contributed by atoms with Crippen LogP contribution in [0.2, 0.25) is 0 Å². The van der Waals surface area contributed by atoms with Gasteiger partial charge in [0.15, 0.2) is 0 Å². The molecule has 2 atom stereocenters. The molecule has 0 aliphatic heterocycles. The van der Waals surface area contributed by atoms with Crippen LogP contribution >= 0.6 is 11.3 Å². The average Bonchev–Trinajstić information content (AvgIpc) is 2.84. The van der Waals surface area contributed by atoms with Crippen molar-refractivity contribution in [2.45, 2.75) is 39.0 Å². The van der Waals surface area contributed by atoms with Crippen molar-refractivity contribution < 1.29 is 13.2 Å². The van der Waals surface area contributed by atoms with E-state index in [2.05, 4.69) is 5.32 Å². The molecule has 0 aliphatic rings. The highest BCUT2D eigenvalue weighted by molar-refractivity contribution is 7.12. The summed E-state index contributed by atoms with van der Waals surface area (Å²) in [6.45, 7) is 5.75. The second-order valence-electron chi connectivity index (χ2n) is 5.14. The van der Waals surface area contributed by atoms with Crippen LogP contribution in [0, 0.1) is 6.92 Å². The lowest BCUT2D eigenvalue weighted by molar-refractivity contribution is -0.138. The van der Waals surface area contributed by atoms with Crippen LogP contribution in [0.3, 0.4) is 0 Å². The molecule has 2 unspecified atom stereocenters. The molecule has 0 fully saturated rings. The second kappa shape index (κ2) is 6.20. The molecule has 5 heteroatoms. The molecular weight excluding hydrogens is 295 g/mol. The lowest BCUT2D eigenvalue weighted by atomic mass is 10.0. The van der Waals surface area contributed by atoms with Gasteiger partial charge in [-0.2, -0.15) is 13.2 Å². The Balaban J connectivity index is 2.19. The minimum Gasteiger partial charge on any atom is -0.303 e. The van der Waals surface area contributed by atoms with Crippen molar-refractivity contribution in [3.63, 3.8) is 0 Å². The van der Waals surface area contributed by atoms with Crippen LogP contribution in [0.1, 0.15) is 46.8 Å². The molecule has 1 N–H and O–H groups in total. The predicted molar refractivity (Wildman–Crippen MR) is 80.5 cm³/mol. The van der Waals surface area contributed by atoms with Crippen LogP contribution in [0.5, 0.6) is 0 Å². The normalized spacial score (nSPS) is 15.0. The number of hydrogen-bond donors (Lipinski definition) is 1. The van der Waals surface area contributed by atoms with E-state index in [-0.39, 0.29) is 17.6 Å². The van der Waals surface area contributed by atoms with Crippen molar-refractivity contribution >= 4 is 11.3 Å². The van der Waals surface area contributed by atoms with Gasteiger partial charge >= 0.3 is 6.18 Å². The minimum atomic E-state index is -4.32. The van der Waals surface area contributed by atoms with Gasteiger partial charge in [-0.25, -0.2) is 0 Å². The van der Waals surface area contributed by atoms with Gasteiger partial charge in [0.05, 0.1) is 5.56 Å². The van der Waals surface area contributed by atoms with Crippen molar-refractivity contribution in [2.75, 3.05) is 0 Å². The van der Waals surface area contributed by atoms with Gasteiger partial charge in [-0.3, -0.25) is 0 Å². The molecule has 0 saturated carbocycles. The van der Waals surface area contributed by atoms with Gasteiger partial charge < -0.3 is 5.32 Å². The van der Waals surface area contributed by atoms with Crippen molar-refractivity contribution in [1.29, 1.82) is 0 Å². The summed E-state index contributed by atoms with van der Waals surface area (Å²) >= 11 is 1.66. The van der Waals surface area contributed by atoms with E-state index in [0.717, 1.165) is 10.9 Å². The molecule has 0 aliphatic carbocycles. The molecule has 2 aromatic rings. The first kappa shape index (κ1) is 16.0. The Morgan fingerprint density at radius 2 is 1.67 bits per heavy atom. The third-order valence-corrected chi connectivity index (χ3v) is 4.60. The zero-order valence-electron chi connectivity index (χ0n) is 12.2. The molecule has 1 aromatic carbocycles. The fraction of sp³-hybridized carbons (Fsp3) is 0.375. The third-order valence-electron chi connectivity index (χ3n) is 3.42. The monoisotopic (exact) mass is 313 g/mol. The number of nitrogens with one attached hydrogen (secondary N) is 1. The molecule has 1 nitrogen and oxygen atoms in total. The summed E-state index contributed by atoms with van der Waals surface area (Å²) < 4.78 is 39.1. The van der Waals surface area contributed by atoms with E-state index in [0.29, 0.717) is 0 Å². The van der Waals surface area contributed by atoms with E-state index in [1.165, 1.54) is 17.0 Å². The number of rotatable bonds is 4. The lowest BCUT2D eigenvalue weighted by Gasteiger charge is -2.22. The highest BCUT2D eigenvalue weighted by Crippen LogP contribution is 2.35. The molecule has 0 radical (unpaired) electrons. The molecular formula is C16H18F3NS. The van der Waals surface area contributed by atoms with Crippen LogP contribution in [0.25, 0.3) is 0 Å². The second-order valence-corrected chi connectivity index (χ2v) is 6.46. The van der Waals surface area contributed by atoms with Gasteiger partial charge in [0.2, 0.25) is 0 Å². The third kappa shape index (κ3) is 3.86. The average molecular weight is 313 g/mol. The van der Waals surface area contributed by atoms with Crippen LogP contribution in [0.4, 0.5) is 13.2 Å². The number of hydrogen-bond acceptors (Lipinski definition) is 2. The topological polar surface area (TPSA) is 12.0 Å². The van der Waals surface area contributed by atoms with Gasteiger partial charge in [0.25, 0.3) is 0 Å². The van der Waals surface area contributed by atoms with Gasteiger partial charge in [-0.05, 0) is 44.5 Å². The Morgan fingerprint density at radius 1 is 1.00 bits per heavy atom. The molecule has 1 heterocycles. The Labute approximate surface area is 126 Å². The van der Waals surface area contributed by atoms with Gasteiger partial charge in [-0.1, -0.05) is 18.2 Å². The minimum absolute atomic E-state index is 0.0139. The van der Waals surface area contributed by atoms with Crippen molar-refractivity contribution in [1.82, 2.24) is 5.32 Å². The molecule has 1 aromatic heterocycles. The fourth-order valence-corrected chi connectivity index (χ4v) is 3.25. The Hall–Kier alpha value is -1.33. The summed E-state index contributed by atoms with van der Waals surface area (Å²) in [6.07, 6.45) is -4.32. The molecule has 114 valence electrons. The number of alkyl halides is 3. The summed E-state index contributed by atoms with van der Waals surface area (Å²) in [5.41, 5.74) is -0.287. The lowest BCUT2D eigenvalue weighted by Crippen LogP contribution is -2.24. The van der Waals surface area contributed by atoms with E-state index < -0.39 is 11.7 Å². The zero-order valence-corrected chi connectivity index (χ0v) is 13.0. The largest absolute Gasteiger partial charge is 0.416 e. The maximum absolute atomic E-state index is 13.0. The number of halogens is 3. The number of aryl methyl sites for hydroxylation is 1. The highest BCUT2D eigenvalue weighted by atomic mass is 32.1. The first-order valence-electron chi connectivity index (χ1n) is 6.77. The van der Waals surface area contributed by atoms with E-state index in [1.54, 1.807) is 24.3 Å². The van der Waals surface area contributed by atoms with Crippen molar-refractivity contribution in [3.05, 3.63) is 57.3 Å². The molecule has 21 heavy (non-hydrogen) atoms. The van der Waals surface area contributed by atoms with Crippen LogP contribution in [0.15, 0.2) is 36.4 Å². The van der Waals surface area contributed by atoms with Crippen LogP contribution in [-0.2, 0) is 6.18 Å².